The summed E-state index contributed by atoms with van der Waals surface area (Å²) in [6.07, 6.45) is 2.58. The predicted octanol–water partition coefficient (Wildman–Crippen LogP) is 2.77. The smallest absolute Gasteiger partial charge is 0.225 e. The zero-order valence-electron chi connectivity index (χ0n) is 14.7. The fraction of sp³-hybridized carbons (Fsp3) is 0.389. The van der Waals surface area contributed by atoms with Crippen LogP contribution in [0.4, 0.5) is 11.8 Å². The maximum Gasteiger partial charge on any atom is 0.225 e. The number of fused-ring (bicyclic) bond motifs is 1. The topological polar surface area (TPSA) is 84.9 Å². The van der Waals surface area contributed by atoms with Crippen LogP contribution in [0.5, 0.6) is 0 Å². The van der Waals surface area contributed by atoms with Gasteiger partial charge in [-0.1, -0.05) is 23.7 Å². The number of aryl methyl sites for hydroxylation is 1. The van der Waals surface area contributed by atoms with Crippen molar-refractivity contribution in [2.45, 2.75) is 12.8 Å². The van der Waals surface area contributed by atoms with E-state index in [-0.39, 0.29) is 0 Å². The molecule has 136 valence electrons. The highest BCUT2D eigenvalue weighted by molar-refractivity contribution is 6.30. The molecule has 26 heavy (non-hydrogen) atoms. The molecule has 0 amide bonds. The van der Waals surface area contributed by atoms with Gasteiger partial charge in [0, 0.05) is 30.7 Å². The van der Waals surface area contributed by atoms with Crippen LogP contribution in [0.15, 0.2) is 24.3 Å². The summed E-state index contributed by atoms with van der Waals surface area (Å²) in [6.45, 7) is 4.14. The number of hydrogen-bond donors (Lipinski definition) is 2. The molecular weight excluding hydrogens is 350 g/mol. The molecule has 1 saturated heterocycles. The first-order valence-electron chi connectivity index (χ1n) is 8.84. The van der Waals surface area contributed by atoms with Gasteiger partial charge in [-0.05, 0) is 38.1 Å². The molecule has 0 unspecified atom stereocenters. The summed E-state index contributed by atoms with van der Waals surface area (Å²) in [5.74, 6) is 1.12. The molecule has 7 nitrogen and oxygen atoms in total. The molecule has 0 aliphatic carbocycles. The van der Waals surface area contributed by atoms with Gasteiger partial charge in [0.15, 0.2) is 5.65 Å². The molecule has 1 aliphatic rings. The number of likely N-dealkylation sites (tertiary alicyclic amines) is 1. The van der Waals surface area contributed by atoms with E-state index in [1.54, 1.807) is 4.68 Å². The molecule has 0 spiro atoms. The van der Waals surface area contributed by atoms with Crippen molar-refractivity contribution in [3.63, 3.8) is 0 Å². The molecule has 0 radical (unpaired) electrons. The number of nitrogens with one attached hydrogen (secondary N) is 1. The summed E-state index contributed by atoms with van der Waals surface area (Å²) < 4.78 is 1.63. The van der Waals surface area contributed by atoms with Crippen LogP contribution < -0.4 is 11.1 Å². The first-order valence-corrected chi connectivity index (χ1v) is 9.22. The van der Waals surface area contributed by atoms with Crippen molar-refractivity contribution >= 4 is 34.4 Å². The lowest BCUT2D eigenvalue weighted by atomic mass is 10.1. The first-order chi connectivity index (χ1) is 12.6. The van der Waals surface area contributed by atoms with E-state index < -0.39 is 0 Å². The molecule has 3 aromatic rings. The van der Waals surface area contributed by atoms with Crippen molar-refractivity contribution < 1.29 is 0 Å². The van der Waals surface area contributed by atoms with Gasteiger partial charge in [-0.25, -0.2) is 4.98 Å². The Labute approximate surface area is 157 Å². The highest BCUT2D eigenvalue weighted by Gasteiger charge is 2.17. The van der Waals surface area contributed by atoms with E-state index in [4.69, 9.17) is 22.3 Å². The second kappa shape index (κ2) is 7.09. The second-order valence-electron chi connectivity index (χ2n) is 6.59. The van der Waals surface area contributed by atoms with Crippen LogP contribution in [0.2, 0.25) is 5.02 Å². The summed E-state index contributed by atoms with van der Waals surface area (Å²) in [4.78, 5) is 11.7. The van der Waals surface area contributed by atoms with Crippen LogP contribution in [0, 0.1) is 0 Å². The summed E-state index contributed by atoms with van der Waals surface area (Å²) in [6, 6.07) is 7.56. The predicted molar refractivity (Wildman–Crippen MR) is 105 cm³/mol. The van der Waals surface area contributed by atoms with E-state index in [0.29, 0.717) is 22.4 Å². The second-order valence-corrected chi connectivity index (χ2v) is 7.02. The number of rotatable bonds is 5. The third-order valence-corrected chi connectivity index (χ3v) is 5.02. The fourth-order valence-electron chi connectivity index (χ4n) is 3.34. The number of hydrogen-bond acceptors (Lipinski definition) is 6. The molecule has 0 saturated carbocycles. The van der Waals surface area contributed by atoms with Crippen LogP contribution >= 0.6 is 11.6 Å². The Bertz CT molecular complexity index is 913. The lowest BCUT2D eigenvalue weighted by molar-refractivity contribution is 0.352. The fourth-order valence-corrected chi connectivity index (χ4v) is 3.47. The van der Waals surface area contributed by atoms with Gasteiger partial charge in [-0.15, -0.1) is 0 Å². The maximum atomic E-state index is 6.21. The summed E-state index contributed by atoms with van der Waals surface area (Å²) >= 11 is 6.02. The van der Waals surface area contributed by atoms with Gasteiger partial charge in [0.2, 0.25) is 5.95 Å². The number of halogens is 1. The highest BCUT2D eigenvalue weighted by Crippen LogP contribution is 2.31. The lowest BCUT2D eigenvalue weighted by Gasteiger charge is -2.15. The minimum absolute atomic E-state index is 0.550. The van der Waals surface area contributed by atoms with E-state index in [2.05, 4.69) is 20.3 Å². The Morgan fingerprint density at radius 2 is 1.88 bits per heavy atom. The number of benzene rings is 1. The van der Waals surface area contributed by atoms with Gasteiger partial charge in [0.1, 0.15) is 5.82 Å². The quantitative estimate of drug-likeness (QED) is 0.717. The molecule has 8 heteroatoms. The summed E-state index contributed by atoms with van der Waals surface area (Å²) in [7, 11) is 1.81. The van der Waals surface area contributed by atoms with Crippen LogP contribution in [-0.2, 0) is 7.05 Å². The average Bonchev–Trinajstić information content (AvgIpc) is 3.24. The molecule has 3 N–H and O–H groups in total. The Hall–Kier alpha value is -2.38. The first kappa shape index (κ1) is 17.1. The molecule has 4 rings (SSSR count). The van der Waals surface area contributed by atoms with E-state index in [1.807, 2.05) is 31.3 Å². The van der Waals surface area contributed by atoms with Crippen LogP contribution in [0.3, 0.4) is 0 Å². The molecule has 0 atom stereocenters. The zero-order valence-corrected chi connectivity index (χ0v) is 15.5. The number of nitrogens with zero attached hydrogens (tertiary/aromatic N) is 5. The van der Waals surface area contributed by atoms with E-state index in [0.717, 1.165) is 29.7 Å². The monoisotopic (exact) mass is 371 g/mol. The number of nitrogen functional groups attached to an aromatic ring is 1. The summed E-state index contributed by atoms with van der Waals surface area (Å²) in [5.41, 5.74) is 8.50. The Kier molecular flexibility index (Phi) is 4.65. The maximum absolute atomic E-state index is 6.21. The lowest BCUT2D eigenvalue weighted by Crippen LogP contribution is -2.26. The van der Waals surface area contributed by atoms with Gasteiger partial charge < -0.3 is 16.0 Å². The van der Waals surface area contributed by atoms with Gasteiger partial charge in [0.05, 0.1) is 11.1 Å². The molecule has 1 aromatic carbocycles. The Balaban J connectivity index is 1.67. The third kappa shape index (κ3) is 3.32. The SMILES string of the molecule is Cn1nc2nc(NCCN3CCCC3)nc(-c3ccc(Cl)cc3)c2c1N. The largest absolute Gasteiger partial charge is 0.383 e. The molecule has 0 bridgehead atoms. The zero-order chi connectivity index (χ0) is 18.1. The highest BCUT2D eigenvalue weighted by atomic mass is 35.5. The van der Waals surface area contributed by atoms with E-state index in [1.165, 1.54) is 25.9 Å². The van der Waals surface area contributed by atoms with Crippen molar-refractivity contribution in [3.8, 4) is 11.3 Å². The number of aromatic nitrogens is 4. The summed E-state index contributed by atoms with van der Waals surface area (Å²) in [5, 5.41) is 9.21. The van der Waals surface area contributed by atoms with Crippen molar-refractivity contribution in [3.05, 3.63) is 29.3 Å². The third-order valence-electron chi connectivity index (χ3n) is 4.77. The standard InChI is InChI=1S/C18H22ClN7/c1-25-16(20)14-15(12-4-6-13(19)7-5-12)22-18(23-17(14)24-25)21-8-11-26-9-2-3-10-26/h4-7H,2-3,8-11,20H2,1H3,(H,21,23,24). The molecule has 3 heterocycles. The van der Waals surface area contributed by atoms with Gasteiger partial charge in [-0.3, -0.25) is 4.68 Å². The molecule has 1 fully saturated rings. The van der Waals surface area contributed by atoms with E-state index >= 15 is 0 Å². The minimum Gasteiger partial charge on any atom is -0.383 e. The average molecular weight is 372 g/mol. The van der Waals surface area contributed by atoms with Crippen LogP contribution in [-0.4, -0.2) is 50.8 Å². The minimum atomic E-state index is 0.550. The number of anilines is 2. The van der Waals surface area contributed by atoms with Crippen LogP contribution in [0.25, 0.3) is 22.3 Å². The number of nitrogens with two attached hydrogens (primary N) is 1. The van der Waals surface area contributed by atoms with Crippen molar-refractivity contribution in [2.24, 2.45) is 7.05 Å². The van der Waals surface area contributed by atoms with Gasteiger partial charge in [0.25, 0.3) is 0 Å². The molecule has 2 aromatic heterocycles. The van der Waals surface area contributed by atoms with Crippen molar-refractivity contribution in [1.82, 2.24) is 24.6 Å². The Morgan fingerprint density at radius 1 is 1.15 bits per heavy atom. The van der Waals surface area contributed by atoms with Crippen molar-refractivity contribution in [1.29, 1.82) is 0 Å². The van der Waals surface area contributed by atoms with Crippen LogP contribution in [0.1, 0.15) is 12.8 Å². The van der Waals surface area contributed by atoms with E-state index in [9.17, 15) is 0 Å². The Morgan fingerprint density at radius 3 is 2.62 bits per heavy atom. The normalized spacial score (nSPS) is 15.0. The molecule has 1 aliphatic heterocycles. The van der Waals surface area contributed by atoms with Gasteiger partial charge >= 0.3 is 0 Å². The van der Waals surface area contributed by atoms with Gasteiger partial charge in [-0.2, -0.15) is 10.1 Å². The molecular formula is C18H22ClN7. The van der Waals surface area contributed by atoms with Crippen molar-refractivity contribution in [2.75, 3.05) is 37.2 Å².